The van der Waals surface area contributed by atoms with Crippen molar-refractivity contribution in [1.29, 1.82) is 5.26 Å². The van der Waals surface area contributed by atoms with Crippen LogP contribution in [0.3, 0.4) is 0 Å². The predicted molar refractivity (Wildman–Crippen MR) is 81.2 cm³/mol. The molecule has 0 unspecified atom stereocenters. The largest absolute Gasteiger partial charge is 0.495 e. The summed E-state index contributed by atoms with van der Waals surface area (Å²) in [5, 5.41) is 8.71. The molecule has 6 nitrogen and oxygen atoms in total. The van der Waals surface area contributed by atoms with E-state index in [1.165, 1.54) is 23.5 Å². The highest BCUT2D eigenvalue weighted by Crippen LogP contribution is 2.29. The van der Waals surface area contributed by atoms with Crippen LogP contribution in [-0.2, 0) is 10.0 Å². The molecule has 0 amide bonds. The molecule has 0 aliphatic carbocycles. The van der Waals surface area contributed by atoms with Crippen molar-refractivity contribution in [3.05, 3.63) is 18.2 Å². The van der Waals surface area contributed by atoms with Crippen molar-refractivity contribution in [2.45, 2.75) is 25.2 Å². The number of methoxy groups -OCH3 is 1. The second-order valence-corrected chi connectivity index (χ2v) is 6.98. The summed E-state index contributed by atoms with van der Waals surface area (Å²) in [6.45, 7) is 4.33. The third-order valence-corrected chi connectivity index (χ3v) is 4.73. The van der Waals surface area contributed by atoms with Crippen LogP contribution in [0.25, 0.3) is 0 Å². The SMILES string of the molecule is COc1ccc(N)cc1S(=O)(=O)N(CCC#N)CC(C)C. The van der Waals surface area contributed by atoms with Crippen molar-refractivity contribution < 1.29 is 13.2 Å². The summed E-state index contributed by atoms with van der Waals surface area (Å²) in [7, 11) is -2.35. The Morgan fingerprint density at radius 3 is 2.62 bits per heavy atom. The first-order chi connectivity index (χ1) is 9.82. The number of nitrogen functional groups attached to an aromatic ring is 1. The third kappa shape index (κ3) is 4.34. The first-order valence-corrected chi connectivity index (χ1v) is 8.07. The summed E-state index contributed by atoms with van der Waals surface area (Å²) >= 11 is 0. The van der Waals surface area contributed by atoms with Gasteiger partial charge in [0.15, 0.2) is 0 Å². The van der Waals surface area contributed by atoms with Gasteiger partial charge in [-0.1, -0.05) is 13.8 Å². The van der Waals surface area contributed by atoms with E-state index in [-0.39, 0.29) is 29.5 Å². The molecule has 1 aromatic carbocycles. The van der Waals surface area contributed by atoms with Crippen LogP contribution in [0.4, 0.5) is 5.69 Å². The molecule has 1 aromatic rings. The minimum atomic E-state index is -3.76. The Hall–Kier alpha value is -1.78. The molecule has 0 spiro atoms. The number of nitrogens with zero attached hydrogens (tertiary/aromatic N) is 2. The molecule has 0 aliphatic heterocycles. The number of nitriles is 1. The Bertz CT molecular complexity index is 621. The molecule has 0 bridgehead atoms. The van der Waals surface area contributed by atoms with Gasteiger partial charge >= 0.3 is 0 Å². The van der Waals surface area contributed by atoms with Gasteiger partial charge in [0.2, 0.25) is 10.0 Å². The van der Waals surface area contributed by atoms with Crippen LogP contribution in [0.2, 0.25) is 0 Å². The summed E-state index contributed by atoms with van der Waals surface area (Å²) in [4.78, 5) is 0.0311. The molecule has 116 valence electrons. The van der Waals surface area contributed by atoms with Gasteiger partial charge in [0.05, 0.1) is 13.2 Å². The number of hydrogen-bond donors (Lipinski definition) is 1. The second kappa shape index (κ2) is 7.29. The van der Waals surface area contributed by atoms with E-state index in [9.17, 15) is 8.42 Å². The summed E-state index contributed by atoms with van der Waals surface area (Å²) in [6.07, 6.45) is 0.135. The average Bonchev–Trinajstić information content (AvgIpc) is 2.42. The monoisotopic (exact) mass is 311 g/mol. The summed E-state index contributed by atoms with van der Waals surface area (Å²) in [5.41, 5.74) is 6.04. The Morgan fingerprint density at radius 2 is 2.10 bits per heavy atom. The van der Waals surface area contributed by atoms with Crippen LogP contribution in [0.5, 0.6) is 5.75 Å². The molecule has 21 heavy (non-hydrogen) atoms. The van der Waals surface area contributed by atoms with E-state index in [0.29, 0.717) is 12.2 Å². The van der Waals surface area contributed by atoms with E-state index >= 15 is 0 Å². The standard InChI is InChI=1S/C14H21N3O3S/c1-11(2)10-17(8-4-7-15)21(18,19)14-9-12(16)5-6-13(14)20-3/h5-6,9,11H,4,8,10,16H2,1-3H3. The highest BCUT2D eigenvalue weighted by atomic mass is 32.2. The van der Waals surface area contributed by atoms with E-state index in [1.807, 2.05) is 19.9 Å². The van der Waals surface area contributed by atoms with Crippen molar-refractivity contribution in [3.63, 3.8) is 0 Å². The molecular weight excluding hydrogens is 290 g/mol. The maximum absolute atomic E-state index is 12.8. The summed E-state index contributed by atoms with van der Waals surface area (Å²) in [6, 6.07) is 6.47. The lowest BCUT2D eigenvalue weighted by Crippen LogP contribution is -2.35. The van der Waals surface area contributed by atoms with Gasteiger partial charge in [-0.05, 0) is 24.1 Å². The number of rotatable bonds is 7. The predicted octanol–water partition coefficient (Wildman–Crippen LogP) is 1.84. The molecule has 7 heteroatoms. The van der Waals surface area contributed by atoms with Gasteiger partial charge in [0.25, 0.3) is 0 Å². The molecule has 0 atom stereocenters. The van der Waals surface area contributed by atoms with Gasteiger partial charge in [-0.15, -0.1) is 0 Å². The lowest BCUT2D eigenvalue weighted by molar-refractivity contribution is 0.365. The topological polar surface area (TPSA) is 96.4 Å². The quantitative estimate of drug-likeness (QED) is 0.775. The molecule has 2 N–H and O–H groups in total. The molecular formula is C14H21N3O3S. The molecule has 0 radical (unpaired) electrons. The van der Waals surface area contributed by atoms with Crippen molar-refractivity contribution in [1.82, 2.24) is 4.31 Å². The number of ether oxygens (including phenoxy) is 1. The van der Waals surface area contributed by atoms with E-state index in [0.717, 1.165) is 0 Å². The minimum Gasteiger partial charge on any atom is -0.495 e. The Morgan fingerprint density at radius 1 is 1.43 bits per heavy atom. The average molecular weight is 311 g/mol. The normalized spacial score (nSPS) is 11.6. The first-order valence-electron chi connectivity index (χ1n) is 6.63. The van der Waals surface area contributed by atoms with Gasteiger partial charge in [0.1, 0.15) is 10.6 Å². The molecule has 1 rings (SSSR count). The van der Waals surface area contributed by atoms with E-state index in [1.54, 1.807) is 6.07 Å². The van der Waals surface area contributed by atoms with E-state index < -0.39 is 10.0 Å². The molecule has 0 aromatic heterocycles. The molecule has 0 saturated carbocycles. The van der Waals surface area contributed by atoms with Gasteiger partial charge < -0.3 is 10.5 Å². The van der Waals surface area contributed by atoms with Crippen molar-refractivity contribution in [2.75, 3.05) is 25.9 Å². The van der Waals surface area contributed by atoms with Crippen LogP contribution in [0, 0.1) is 17.2 Å². The highest BCUT2D eigenvalue weighted by Gasteiger charge is 2.28. The second-order valence-electron chi connectivity index (χ2n) is 5.08. The Labute approximate surface area is 126 Å². The lowest BCUT2D eigenvalue weighted by Gasteiger charge is -2.24. The molecule has 0 heterocycles. The summed E-state index contributed by atoms with van der Waals surface area (Å²) in [5.74, 6) is 0.389. The fourth-order valence-corrected chi connectivity index (χ4v) is 3.72. The number of benzene rings is 1. The fraction of sp³-hybridized carbons (Fsp3) is 0.500. The van der Waals surface area contributed by atoms with E-state index in [2.05, 4.69) is 0 Å². The zero-order valence-corrected chi connectivity index (χ0v) is 13.4. The van der Waals surface area contributed by atoms with Crippen molar-refractivity contribution in [3.8, 4) is 11.8 Å². The van der Waals surface area contributed by atoms with Crippen LogP contribution in [-0.4, -0.2) is 32.9 Å². The van der Waals surface area contributed by atoms with Crippen molar-refractivity contribution >= 4 is 15.7 Å². The zero-order valence-electron chi connectivity index (χ0n) is 12.5. The minimum absolute atomic E-state index is 0.0311. The fourth-order valence-electron chi connectivity index (χ4n) is 1.93. The van der Waals surface area contributed by atoms with Gasteiger partial charge in [-0.25, -0.2) is 8.42 Å². The van der Waals surface area contributed by atoms with Crippen LogP contribution < -0.4 is 10.5 Å². The molecule has 0 saturated heterocycles. The zero-order chi connectivity index (χ0) is 16.0. The number of anilines is 1. The van der Waals surface area contributed by atoms with E-state index in [4.69, 9.17) is 15.7 Å². The van der Waals surface area contributed by atoms with Gasteiger partial charge in [-0.3, -0.25) is 0 Å². The molecule has 0 aliphatic rings. The number of sulfonamides is 1. The molecule has 0 fully saturated rings. The van der Waals surface area contributed by atoms with Crippen LogP contribution in [0.15, 0.2) is 23.1 Å². The third-order valence-electron chi connectivity index (χ3n) is 2.85. The van der Waals surface area contributed by atoms with Crippen molar-refractivity contribution in [2.24, 2.45) is 5.92 Å². The van der Waals surface area contributed by atoms with Crippen LogP contribution in [0.1, 0.15) is 20.3 Å². The van der Waals surface area contributed by atoms with Gasteiger partial charge in [-0.2, -0.15) is 9.57 Å². The number of hydrogen-bond acceptors (Lipinski definition) is 5. The first kappa shape index (κ1) is 17.3. The number of nitrogens with two attached hydrogens (primary N) is 1. The van der Waals surface area contributed by atoms with Crippen LogP contribution >= 0.6 is 0 Å². The Balaban J connectivity index is 3.28. The Kier molecular flexibility index (Phi) is 6.00. The lowest BCUT2D eigenvalue weighted by atomic mass is 10.2. The van der Waals surface area contributed by atoms with Gasteiger partial charge in [0, 0.05) is 25.2 Å². The maximum atomic E-state index is 12.8. The maximum Gasteiger partial charge on any atom is 0.246 e. The highest BCUT2D eigenvalue weighted by molar-refractivity contribution is 7.89. The smallest absolute Gasteiger partial charge is 0.246 e. The summed E-state index contributed by atoms with van der Waals surface area (Å²) < 4.78 is 32.0.